The predicted molar refractivity (Wildman–Crippen MR) is 69.7 cm³/mol. The highest BCUT2D eigenvalue weighted by Crippen LogP contribution is 2.22. The topological polar surface area (TPSA) is 91.8 Å². The number of aliphatic hydroxyl groups is 1. The molecule has 0 spiro atoms. The normalized spacial score (nSPS) is 19.9. The van der Waals surface area contributed by atoms with Crippen molar-refractivity contribution in [1.82, 2.24) is 4.31 Å². The third-order valence-electron chi connectivity index (χ3n) is 3.10. The lowest BCUT2D eigenvalue weighted by atomic mass is 10.2. The molecule has 0 aromatic heterocycles. The van der Waals surface area contributed by atoms with E-state index in [1.807, 2.05) is 0 Å². The van der Waals surface area contributed by atoms with Crippen molar-refractivity contribution in [2.24, 2.45) is 0 Å². The lowest BCUT2D eigenvalue weighted by Gasteiger charge is -2.26. The monoisotopic (exact) mass is 323 g/mol. The Morgan fingerprint density at radius 2 is 1.85 bits per heavy atom. The number of aliphatic hydroxyl groups excluding tert-OH is 1. The molecule has 9 heteroatoms. The van der Waals surface area contributed by atoms with E-state index >= 15 is 0 Å². The van der Waals surface area contributed by atoms with Gasteiger partial charge >= 0.3 is 0 Å². The molecule has 6 nitrogen and oxygen atoms in total. The lowest BCUT2D eigenvalue weighted by molar-refractivity contribution is 0.281. The molecule has 1 aromatic rings. The minimum absolute atomic E-state index is 0.175. The van der Waals surface area contributed by atoms with Crippen molar-refractivity contribution in [3.05, 3.63) is 29.6 Å². The van der Waals surface area contributed by atoms with Gasteiger partial charge in [0.2, 0.25) is 10.0 Å². The predicted octanol–water partition coefficient (Wildman–Crippen LogP) is -0.263. The Bertz CT molecular complexity index is 700. The highest BCUT2D eigenvalue weighted by Gasteiger charge is 2.32. The van der Waals surface area contributed by atoms with E-state index in [2.05, 4.69) is 0 Å². The van der Waals surface area contributed by atoms with E-state index < -0.39 is 30.6 Å². The lowest BCUT2D eigenvalue weighted by Crippen LogP contribution is -2.43. The van der Waals surface area contributed by atoms with Gasteiger partial charge in [-0.3, -0.25) is 0 Å². The van der Waals surface area contributed by atoms with Gasteiger partial charge in [0.1, 0.15) is 10.7 Å². The van der Waals surface area contributed by atoms with Crippen LogP contribution in [-0.4, -0.2) is 50.8 Å². The average Bonchev–Trinajstić information content (AvgIpc) is 2.37. The van der Waals surface area contributed by atoms with Gasteiger partial charge in [-0.2, -0.15) is 4.31 Å². The molecule has 0 radical (unpaired) electrons. The zero-order valence-corrected chi connectivity index (χ0v) is 12.1. The molecule has 2 rings (SSSR count). The molecule has 1 aliphatic heterocycles. The van der Waals surface area contributed by atoms with Gasteiger partial charge in [-0.05, 0) is 17.7 Å². The molecule has 112 valence electrons. The van der Waals surface area contributed by atoms with Crippen LogP contribution in [0.3, 0.4) is 0 Å². The number of sulfonamides is 1. The Labute approximate surface area is 116 Å². The molecule has 1 saturated heterocycles. The van der Waals surface area contributed by atoms with E-state index in [-0.39, 0.29) is 36.8 Å². The second-order valence-electron chi connectivity index (χ2n) is 4.48. The summed E-state index contributed by atoms with van der Waals surface area (Å²) in [6, 6.07) is 3.35. The van der Waals surface area contributed by atoms with Crippen LogP contribution in [-0.2, 0) is 26.5 Å². The van der Waals surface area contributed by atoms with Crippen LogP contribution >= 0.6 is 0 Å². The minimum atomic E-state index is -4.06. The smallest absolute Gasteiger partial charge is 0.246 e. The molecule has 1 N–H and O–H groups in total. The van der Waals surface area contributed by atoms with Crippen molar-refractivity contribution in [2.45, 2.75) is 11.5 Å². The van der Waals surface area contributed by atoms with Gasteiger partial charge in [0.05, 0.1) is 18.1 Å². The van der Waals surface area contributed by atoms with Gasteiger partial charge in [0.15, 0.2) is 9.84 Å². The molecule has 1 aromatic carbocycles. The van der Waals surface area contributed by atoms with E-state index in [4.69, 9.17) is 5.11 Å². The Morgan fingerprint density at radius 1 is 1.25 bits per heavy atom. The van der Waals surface area contributed by atoms with Crippen LogP contribution in [0.5, 0.6) is 0 Å². The number of nitrogens with zero attached hydrogens (tertiary/aromatic N) is 1. The zero-order chi connectivity index (χ0) is 15.0. The Morgan fingerprint density at radius 3 is 2.35 bits per heavy atom. The summed E-state index contributed by atoms with van der Waals surface area (Å²) < 4.78 is 61.8. The quantitative estimate of drug-likeness (QED) is 0.827. The van der Waals surface area contributed by atoms with Crippen LogP contribution in [0, 0.1) is 5.82 Å². The molecule has 1 aliphatic rings. The first kappa shape index (κ1) is 15.4. The van der Waals surface area contributed by atoms with Crippen LogP contribution in [0.25, 0.3) is 0 Å². The van der Waals surface area contributed by atoms with Gasteiger partial charge in [-0.25, -0.2) is 21.2 Å². The largest absolute Gasteiger partial charge is 0.392 e. The molecule has 0 unspecified atom stereocenters. The maximum Gasteiger partial charge on any atom is 0.246 e. The summed E-state index contributed by atoms with van der Waals surface area (Å²) in [5.74, 6) is -1.48. The summed E-state index contributed by atoms with van der Waals surface area (Å²) in [6.45, 7) is -0.739. The van der Waals surface area contributed by atoms with Crippen LogP contribution < -0.4 is 0 Å². The number of hydrogen-bond donors (Lipinski definition) is 1. The highest BCUT2D eigenvalue weighted by molar-refractivity contribution is 7.92. The number of sulfone groups is 1. The fourth-order valence-electron chi connectivity index (χ4n) is 1.93. The van der Waals surface area contributed by atoms with Crippen molar-refractivity contribution in [3.63, 3.8) is 0 Å². The molecule has 1 heterocycles. The summed E-state index contributed by atoms with van der Waals surface area (Å²) in [5, 5.41) is 8.87. The number of halogens is 1. The van der Waals surface area contributed by atoms with Crippen molar-refractivity contribution in [3.8, 4) is 0 Å². The first-order chi connectivity index (χ1) is 9.26. The molecule has 1 fully saturated rings. The molecule has 0 atom stereocenters. The van der Waals surface area contributed by atoms with E-state index in [1.165, 1.54) is 6.07 Å². The fraction of sp³-hybridized carbons (Fsp3) is 0.455. The standard InChI is InChI=1S/C11H14FNO5S2/c12-10-7-9(8-14)1-2-11(10)20(17,18)13-3-5-19(15,16)6-4-13/h1-2,7,14H,3-6,8H2. The number of benzene rings is 1. The van der Waals surface area contributed by atoms with Gasteiger partial charge < -0.3 is 5.11 Å². The van der Waals surface area contributed by atoms with E-state index in [1.54, 1.807) is 0 Å². The molecular formula is C11H14FNO5S2. The first-order valence-corrected chi connectivity index (χ1v) is 9.12. The third kappa shape index (κ3) is 3.00. The number of hydrogen-bond acceptors (Lipinski definition) is 5. The zero-order valence-electron chi connectivity index (χ0n) is 10.5. The van der Waals surface area contributed by atoms with Crippen molar-refractivity contribution < 1.29 is 26.3 Å². The van der Waals surface area contributed by atoms with Crippen LogP contribution in [0.15, 0.2) is 23.1 Å². The summed E-state index contributed by atoms with van der Waals surface area (Å²) >= 11 is 0. The summed E-state index contributed by atoms with van der Waals surface area (Å²) in [4.78, 5) is -0.506. The van der Waals surface area contributed by atoms with E-state index in [9.17, 15) is 21.2 Å². The fourth-order valence-corrected chi connectivity index (χ4v) is 4.85. The SMILES string of the molecule is O=S1(=O)CCN(S(=O)(=O)c2ccc(CO)cc2F)CC1. The van der Waals surface area contributed by atoms with Crippen LogP contribution in [0.2, 0.25) is 0 Å². The van der Waals surface area contributed by atoms with Crippen LogP contribution in [0.1, 0.15) is 5.56 Å². The maximum absolute atomic E-state index is 13.8. The van der Waals surface area contributed by atoms with Gasteiger partial charge in [-0.15, -0.1) is 0 Å². The van der Waals surface area contributed by atoms with Gasteiger partial charge in [0.25, 0.3) is 0 Å². The minimum Gasteiger partial charge on any atom is -0.392 e. The Balaban J connectivity index is 2.32. The molecule has 20 heavy (non-hydrogen) atoms. The van der Waals surface area contributed by atoms with Crippen molar-refractivity contribution in [2.75, 3.05) is 24.6 Å². The van der Waals surface area contributed by atoms with E-state index in [0.29, 0.717) is 0 Å². The van der Waals surface area contributed by atoms with Gasteiger partial charge in [-0.1, -0.05) is 6.07 Å². The average molecular weight is 323 g/mol. The van der Waals surface area contributed by atoms with Gasteiger partial charge in [0, 0.05) is 13.1 Å². The second-order valence-corrected chi connectivity index (χ2v) is 8.69. The maximum atomic E-state index is 13.8. The van der Waals surface area contributed by atoms with E-state index in [0.717, 1.165) is 16.4 Å². The molecular weight excluding hydrogens is 309 g/mol. The molecule has 0 amide bonds. The van der Waals surface area contributed by atoms with Crippen LogP contribution in [0.4, 0.5) is 4.39 Å². The molecule has 0 bridgehead atoms. The Kier molecular flexibility index (Phi) is 4.14. The summed E-state index contributed by atoms with van der Waals surface area (Å²) in [7, 11) is -7.27. The second kappa shape index (κ2) is 5.40. The number of rotatable bonds is 3. The van der Waals surface area contributed by atoms with Crippen molar-refractivity contribution in [1.29, 1.82) is 0 Å². The highest BCUT2D eigenvalue weighted by atomic mass is 32.2. The molecule has 0 saturated carbocycles. The third-order valence-corrected chi connectivity index (χ3v) is 6.64. The van der Waals surface area contributed by atoms with Crippen molar-refractivity contribution >= 4 is 19.9 Å². The molecule has 0 aliphatic carbocycles. The first-order valence-electron chi connectivity index (χ1n) is 5.86. The summed E-state index contributed by atoms with van der Waals surface area (Å²) in [5.41, 5.74) is 0.266. The Hall–Kier alpha value is -1.03. The summed E-state index contributed by atoms with van der Waals surface area (Å²) in [6.07, 6.45) is 0.